The molecule has 0 spiro atoms. The lowest BCUT2D eigenvalue weighted by atomic mass is 9.94. The Morgan fingerprint density at radius 3 is 2.09 bits per heavy atom. The summed E-state index contributed by atoms with van der Waals surface area (Å²) in [5, 5.41) is 42.2. The van der Waals surface area contributed by atoms with E-state index >= 15 is 0 Å². The van der Waals surface area contributed by atoms with E-state index in [1.54, 1.807) is 12.1 Å². The van der Waals surface area contributed by atoms with Gasteiger partial charge in [0.25, 0.3) is 5.91 Å². The summed E-state index contributed by atoms with van der Waals surface area (Å²) in [6.07, 6.45) is -2.45. The molecule has 0 aliphatic carbocycles. The van der Waals surface area contributed by atoms with Gasteiger partial charge in [0.1, 0.15) is 5.75 Å². The summed E-state index contributed by atoms with van der Waals surface area (Å²) in [6, 6.07) is 26.1. The van der Waals surface area contributed by atoms with E-state index < -0.39 is 32.3 Å². The Kier molecular flexibility index (Phi) is 10.8. The molecule has 0 saturated heterocycles. The molecular formula is C33H37BN2O7. The minimum absolute atomic E-state index is 0.0833. The van der Waals surface area contributed by atoms with E-state index in [0.717, 1.165) is 28.1 Å². The van der Waals surface area contributed by atoms with Crippen molar-refractivity contribution in [2.24, 2.45) is 0 Å². The number of aliphatic carboxylic acids is 1. The van der Waals surface area contributed by atoms with Crippen molar-refractivity contribution in [2.45, 2.75) is 57.8 Å². The van der Waals surface area contributed by atoms with Gasteiger partial charge in [-0.05, 0) is 66.3 Å². The monoisotopic (exact) mass is 584 g/mol. The maximum atomic E-state index is 14.1. The molecule has 3 aromatic carbocycles. The molecule has 0 saturated carbocycles. The third kappa shape index (κ3) is 7.92. The van der Waals surface area contributed by atoms with E-state index in [4.69, 9.17) is 9.76 Å². The van der Waals surface area contributed by atoms with Gasteiger partial charge in [-0.3, -0.25) is 9.59 Å². The number of hydrogen-bond donors (Lipinski definition) is 5. The number of anilines is 1. The maximum absolute atomic E-state index is 14.1. The lowest BCUT2D eigenvalue weighted by Gasteiger charge is -2.20. The summed E-state index contributed by atoms with van der Waals surface area (Å²) in [7, 11) is -0.460. The standard InChI is InChI=1S/C33H37BN2O7/c1-21(2)31-30(33(41)35-24-11-7-4-8-12-24)29(22-9-5-3-6-10-22)32(23-13-15-27(16-14-23)43-34-42)36(31)18-17-25(37)19-26(38)20-28(39)40/h3-16,21,25-26,34,37-38,42H,17-20H2,1-2H3,(H,35,41)(H,39,40)/t25-,26-/m1/s1. The highest BCUT2D eigenvalue weighted by atomic mass is 16.5. The minimum Gasteiger partial charge on any atom is -0.539 e. The van der Waals surface area contributed by atoms with E-state index in [9.17, 15) is 24.8 Å². The average Bonchev–Trinajstić information content (AvgIpc) is 3.33. The van der Waals surface area contributed by atoms with Crippen LogP contribution in [0.4, 0.5) is 5.69 Å². The number of hydrogen-bond acceptors (Lipinski definition) is 6. The third-order valence-electron chi connectivity index (χ3n) is 7.17. The Hall–Kier alpha value is -4.38. The number of carbonyl (C=O) groups excluding carboxylic acids is 1. The molecule has 0 bridgehead atoms. The first kappa shape index (κ1) is 31.6. The fourth-order valence-electron chi connectivity index (χ4n) is 5.38. The van der Waals surface area contributed by atoms with Crippen LogP contribution in [0.3, 0.4) is 0 Å². The molecule has 1 amide bonds. The van der Waals surface area contributed by atoms with Crippen LogP contribution in [-0.2, 0) is 11.3 Å². The zero-order valence-corrected chi connectivity index (χ0v) is 24.3. The van der Waals surface area contributed by atoms with Crippen LogP contribution in [0.15, 0.2) is 84.9 Å². The van der Waals surface area contributed by atoms with Crippen LogP contribution < -0.4 is 9.97 Å². The van der Waals surface area contributed by atoms with Gasteiger partial charge < -0.3 is 34.9 Å². The quantitative estimate of drug-likeness (QED) is 0.134. The Labute approximate surface area is 251 Å². The van der Waals surface area contributed by atoms with Crippen molar-refractivity contribution < 1.29 is 34.6 Å². The van der Waals surface area contributed by atoms with Crippen molar-refractivity contribution in [1.82, 2.24) is 4.57 Å². The van der Waals surface area contributed by atoms with Crippen molar-refractivity contribution in [2.75, 3.05) is 5.32 Å². The predicted molar refractivity (Wildman–Crippen MR) is 167 cm³/mol. The normalized spacial score (nSPS) is 12.5. The fraction of sp³-hybridized carbons (Fsp3) is 0.273. The van der Waals surface area contributed by atoms with E-state index in [2.05, 4.69) is 5.32 Å². The average molecular weight is 584 g/mol. The van der Waals surface area contributed by atoms with Crippen LogP contribution in [0.1, 0.15) is 55.1 Å². The molecule has 1 heterocycles. The molecule has 10 heteroatoms. The highest BCUT2D eigenvalue weighted by Crippen LogP contribution is 2.43. The highest BCUT2D eigenvalue weighted by Gasteiger charge is 2.31. The highest BCUT2D eigenvalue weighted by molar-refractivity contribution is 6.17. The van der Waals surface area contributed by atoms with Gasteiger partial charge in [-0.15, -0.1) is 0 Å². The summed E-state index contributed by atoms with van der Waals surface area (Å²) in [5.74, 6) is -1.02. The number of aliphatic hydroxyl groups excluding tert-OH is 2. The number of aliphatic hydroxyl groups is 2. The molecule has 9 nitrogen and oxygen atoms in total. The smallest absolute Gasteiger partial charge is 0.504 e. The molecule has 0 radical (unpaired) electrons. The van der Waals surface area contributed by atoms with Crippen molar-refractivity contribution in [1.29, 1.82) is 0 Å². The molecule has 5 N–H and O–H groups in total. The first-order chi connectivity index (χ1) is 20.7. The number of amides is 1. The fourth-order valence-corrected chi connectivity index (χ4v) is 5.38. The first-order valence-corrected chi connectivity index (χ1v) is 14.3. The topological polar surface area (TPSA) is 141 Å². The number of benzene rings is 3. The van der Waals surface area contributed by atoms with Gasteiger partial charge in [0.15, 0.2) is 0 Å². The minimum atomic E-state index is -1.17. The van der Waals surface area contributed by atoms with E-state index in [1.165, 1.54) is 0 Å². The Morgan fingerprint density at radius 1 is 0.884 bits per heavy atom. The molecule has 0 aliphatic heterocycles. The molecule has 2 atom stereocenters. The summed E-state index contributed by atoms with van der Waals surface area (Å²) in [6.45, 7) is 4.32. The largest absolute Gasteiger partial charge is 0.539 e. The molecule has 43 heavy (non-hydrogen) atoms. The number of carbonyl (C=O) groups is 2. The number of nitrogens with zero attached hydrogens (tertiary/aromatic N) is 1. The van der Waals surface area contributed by atoms with Gasteiger partial charge in [-0.25, -0.2) is 0 Å². The molecule has 0 fully saturated rings. The maximum Gasteiger partial charge on any atom is 0.504 e. The molecular weight excluding hydrogens is 547 g/mol. The van der Waals surface area contributed by atoms with E-state index in [-0.39, 0.29) is 24.7 Å². The van der Waals surface area contributed by atoms with Crippen molar-refractivity contribution in [3.05, 3.63) is 96.2 Å². The number of carboxylic acids is 1. The molecule has 0 aliphatic rings. The lowest BCUT2D eigenvalue weighted by molar-refractivity contribution is -0.139. The van der Waals surface area contributed by atoms with E-state index in [1.807, 2.05) is 91.2 Å². The molecule has 0 unspecified atom stereocenters. The SMILES string of the molecule is CC(C)c1c(C(=O)Nc2ccccc2)c(-c2ccccc2)c(-c2ccc(OBO)cc2)n1CC[C@@H](O)C[C@@H](O)CC(=O)O. The molecule has 224 valence electrons. The third-order valence-corrected chi connectivity index (χ3v) is 7.17. The van der Waals surface area contributed by atoms with Crippen LogP contribution >= 0.6 is 0 Å². The lowest BCUT2D eigenvalue weighted by Crippen LogP contribution is -2.22. The van der Waals surface area contributed by atoms with Crippen LogP contribution in [0.5, 0.6) is 5.75 Å². The second-order valence-corrected chi connectivity index (χ2v) is 10.7. The molecule has 4 rings (SSSR count). The zero-order chi connectivity index (χ0) is 30.9. The van der Waals surface area contributed by atoms with Crippen molar-refractivity contribution >= 4 is 25.2 Å². The summed E-state index contributed by atoms with van der Waals surface area (Å²) in [4.78, 5) is 25.2. The van der Waals surface area contributed by atoms with Gasteiger partial charge in [-0.1, -0.05) is 62.4 Å². The van der Waals surface area contributed by atoms with Gasteiger partial charge in [0.2, 0.25) is 0 Å². The first-order valence-electron chi connectivity index (χ1n) is 14.3. The van der Waals surface area contributed by atoms with Crippen LogP contribution in [0.25, 0.3) is 22.4 Å². The Balaban J connectivity index is 1.90. The van der Waals surface area contributed by atoms with Crippen molar-refractivity contribution in [3.8, 4) is 28.1 Å². The van der Waals surface area contributed by atoms with Crippen LogP contribution in [0.2, 0.25) is 0 Å². The molecule has 4 aromatic rings. The molecule has 1 aromatic heterocycles. The summed E-state index contributed by atoms with van der Waals surface area (Å²) in [5.41, 5.74) is 5.07. The number of nitrogens with one attached hydrogen (secondary N) is 1. The number of carboxylic acid groups (broad SMARTS) is 1. The summed E-state index contributed by atoms with van der Waals surface area (Å²) < 4.78 is 7.29. The number of aromatic nitrogens is 1. The Morgan fingerprint density at radius 2 is 1.51 bits per heavy atom. The number of rotatable bonds is 14. The van der Waals surface area contributed by atoms with Crippen LogP contribution in [0, 0.1) is 0 Å². The summed E-state index contributed by atoms with van der Waals surface area (Å²) >= 11 is 0. The van der Waals surface area contributed by atoms with Gasteiger partial charge in [-0.2, -0.15) is 0 Å². The number of para-hydroxylation sites is 1. The predicted octanol–water partition coefficient (Wildman–Crippen LogP) is 4.81. The van der Waals surface area contributed by atoms with Gasteiger partial charge >= 0.3 is 13.7 Å². The Bertz CT molecular complexity index is 1510. The van der Waals surface area contributed by atoms with Crippen molar-refractivity contribution in [3.63, 3.8) is 0 Å². The second-order valence-electron chi connectivity index (χ2n) is 10.7. The second kappa shape index (κ2) is 14.7. The van der Waals surface area contributed by atoms with Gasteiger partial charge in [0, 0.05) is 23.5 Å². The van der Waals surface area contributed by atoms with E-state index in [0.29, 0.717) is 23.5 Å². The van der Waals surface area contributed by atoms with Gasteiger partial charge in [0.05, 0.1) is 29.9 Å². The zero-order valence-electron chi connectivity index (χ0n) is 24.3. The van der Waals surface area contributed by atoms with Crippen LogP contribution in [-0.4, -0.2) is 56.7 Å².